The molecule has 2 unspecified atom stereocenters. The van der Waals surface area contributed by atoms with Crippen LogP contribution in [0.25, 0.3) is 0 Å². The average molecular weight is 296 g/mol. The number of hydrogen-bond donors (Lipinski definition) is 1. The number of aromatic nitrogens is 2. The van der Waals surface area contributed by atoms with Gasteiger partial charge in [0.05, 0.1) is 6.61 Å². The van der Waals surface area contributed by atoms with E-state index in [1.165, 1.54) is 12.8 Å². The topological polar surface area (TPSA) is 77.4 Å². The van der Waals surface area contributed by atoms with Crippen LogP contribution < -0.4 is 5.73 Å². The molecule has 120 valence electrons. The lowest BCUT2D eigenvalue weighted by molar-refractivity contribution is -0.0264. The number of aryl methyl sites for hydroxylation is 1. The zero-order chi connectivity index (χ0) is 15.1. The highest BCUT2D eigenvalue weighted by atomic mass is 16.5. The van der Waals surface area contributed by atoms with Gasteiger partial charge in [0.2, 0.25) is 11.7 Å². The van der Waals surface area contributed by atoms with Gasteiger partial charge in [-0.2, -0.15) is 4.98 Å². The predicted molar refractivity (Wildman–Crippen MR) is 80.9 cm³/mol. The van der Waals surface area contributed by atoms with Crippen molar-refractivity contribution in [3.05, 3.63) is 11.7 Å². The van der Waals surface area contributed by atoms with E-state index < -0.39 is 0 Å². The van der Waals surface area contributed by atoms with Crippen LogP contribution in [0.2, 0.25) is 0 Å². The van der Waals surface area contributed by atoms with Crippen molar-refractivity contribution in [2.75, 3.05) is 33.3 Å². The van der Waals surface area contributed by atoms with E-state index in [9.17, 15) is 0 Å². The van der Waals surface area contributed by atoms with Crippen LogP contribution in [-0.4, -0.2) is 48.3 Å². The van der Waals surface area contributed by atoms with Gasteiger partial charge in [0.1, 0.15) is 6.10 Å². The first kappa shape index (κ1) is 16.4. The molecule has 0 amide bonds. The van der Waals surface area contributed by atoms with Crippen molar-refractivity contribution in [2.24, 2.45) is 11.7 Å². The van der Waals surface area contributed by atoms with Crippen LogP contribution >= 0.6 is 0 Å². The van der Waals surface area contributed by atoms with Gasteiger partial charge >= 0.3 is 0 Å². The number of morpholine rings is 1. The van der Waals surface area contributed by atoms with E-state index in [0.29, 0.717) is 11.7 Å². The monoisotopic (exact) mass is 296 g/mol. The summed E-state index contributed by atoms with van der Waals surface area (Å²) in [5, 5.41) is 4.08. The molecule has 1 saturated heterocycles. The molecule has 0 bridgehead atoms. The van der Waals surface area contributed by atoms with Gasteiger partial charge in [0.15, 0.2) is 0 Å². The summed E-state index contributed by atoms with van der Waals surface area (Å²) >= 11 is 0. The molecular weight excluding hydrogens is 268 g/mol. The molecule has 2 rings (SSSR count). The van der Waals surface area contributed by atoms with Gasteiger partial charge in [-0.05, 0) is 32.4 Å². The quantitative estimate of drug-likeness (QED) is 0.788. The van der Waals surface area contributed by atoms with Gasteiger partial charge in [-0.25, -0.2) is 0 Å². The number of likely N-dealkylation sites (N-methyl/N-ethyl adjacent to an activating group) is 1. The number of nitrogens with zero attached hydrogens (tertiary/aromatic N) is 3. The smallest absolute Gasteiger partial charge is 0.226 e. The molecular formula is C15H28N4O2. The van der Waals surface area contributed by atoms with Crippen LogP contribution in [0, 0.1) is 5.92 Å². The molecule has 1 aliphatic heterocycles. The minimum absolute atomic E-state index is 0.0586. The van der Waals surface area contributed by atoms with Gasteiger partial charge in [-0.3, -0.25) is 0 Å². The van der Waals surface area contributed by atoms with Crippen molar-refractivity contribution in [3.63, 3.8) is 0 Å². The second-order valence-corrected chi connectivity index (χ2v) is 5.94. The Morgan fingerprint density at radius 1 is 1.38 bits per heavy atom. The minimum atomic E-state index is -0.0586. The third-order valence-corrected chi connectivity index (χ3v) is 4.08. The summed E-state index contributed by atoms with van der Waals surface area (Å²) in [7, 11) is 2.08. The Bertz CT molecular complexity index is 404. The van der Waals surface area contributed by atoms with E-state index in [0.717, 1.165) is 51.4 Å². The predicted octanol–water partition coefficient (Wildman–Crippen LogP) is 1.77. The minimum Gasteiger partial charge on any atom is -0.367 e. The van der Waals surface area contributed by atoms with Crippen molar-refractivity contribution in [1.29, 1.82) is 0 Å². The summed E-state index contributed by atoms with van der Waals surface area (Å²) in [5.74, 6) is 2.06. The second kappa shape index (κ2) is 8.46. The number of rotatable bonds is 8. The number of nitrogens with two attached hydrogens (primary N) is 1. The molecule has 1 aromatic heterocycles. The molecule has 1 fully saturated rings. The highest BCUT2D eigenvalue weighted by molar-refractivity contribution is 4.94. The lowest BCUT2D eigenvalue weighted by Crippen LogP contribution is -2.35. The van der Waals surface area contributed by atoms with Gasteiger partial charge in [0, 0.05) is 19.5 Å². The molecule has 6 nitrogen and oxygen atoms in total. The van der Waals surface area contributed by atoms with Crippen LogP contribution in [0.1, 0.15) is 50.4 Å². The molecule has 0 spiro atoms. The summed E-state index contributed by atoms with van der Waals surface area (Å²) in [5.41, 5.74) is 5.67. The maximum atomic E-state index is 5.71. The molecule has 0 radical (unpaired) electrons. The molecule has 2 atom stereocenters. The Morgan fingerprint density at radius 3 is 2.95 bits per heavy atom. The lowest BCUT2D eigenvalue weighted by Gasteiger charge is -2.27. The summed E-state index contributed by atoms with van der Waals surface area (Å²) in [4.78, 5) is 6.72. The van der Waals surface area contributed by atoms with E-state index in [-0.39, 0.29) is 6.10 Å². The number of hydrogen-bond acceptors (Lipinski definition) is 6. The fourth-order valence-electron chi connectivity index (χ4n) is 2.84. The summed E-state index contributed by atoms with van der Waals surface area (Å²) in [6.45, 7) is 5.47. The van der Waals surface area contributed by atoms with E-state index in [1.54, 1.807) is 0 Å². The van der Waals surface area contributed by atoms with E-state index in [4.69, 9.17) is 15.0 Å². The second-order valence-electron chi connectivity index (χ2n) is 5.94. The Hall–Kier alpha value is -0.980. The van der Waals surface area contributed by atoms with E-state index in [2.05, 4.69) is 29.0 Å². The summed E-state index contributed by atoms with van der Waals surface area (Å²) in [6.07, 6.45) is 5.33. The highest BCUT2D eigenvalue weighted by Gasteiger charge is 2.24. The van der Waals surface area contributed by atoms with E-state index >= 15 is 0 Å². The van der Waals surface area contributed by atoms with Gasteiger partial charge < -0.3 is 19.9 Å². The van der Waals surface area contributed by atoms with Gasteiger partial charge in [-0.15, -0.1) is 0 Å². The first-order chi connectivity index (χ1) is 10.2. The SMILES string of the molecule is CCCC(CCN)CCc1nc(C2CN(C)CCO2)no1. The zero-order valence-corrected chi connectivity index (χ0v) is 13.3. The first-order valence-corrected chi connectivity index (χ1v) is 8.05. The molecule has 1 aromatic rings. The summed E-state index contributed by atoms with van der Waals surface area (Å²) < 4.78 is 11.1. The van der Waals surface area contributed by atoms with Crippen LogP contribution in [0.3, 0.4) is 0 Å². The molecule has 2 heterocycles. The number of ether oxygens (including phenoxy) is 1. The standard InChI is InChI=1S/C15H28N4O2/c1-3-4-12(7-8-16)5-6-14-17-15(18-21-14)13-11-19(2)9-10-20-13/h12-13H,3-11,16H2,1-2H3. The average Bonchev–Trinajstić information content (AvgIpc) is 2.94. The van der Waals surface area contributed by atoms with Crippen molar-refractivity contribution < 1.29 is 9.26 Å². The van der Waals surface area contributed by atoms with Crippen LogP contribution in [0.4, 0.5) is 0 Å². The fourth-order valence-corrected chi connectivity index (χ4v) is 2.84. The molecule has 0 aromatic carbocycles. The molecule has 21 heavy (non-hydrogen) atoms. The third-order valence-electron chi connectivity index (χ3n) is 4.08. The maximum absolute atomic E-state index is 5.71. The molecule has 6 heteroatoms. The van der Waals surface area contributed by atoms with E-state index in [1.807, 2.05) is 0 Å². The molecule has 0 saturated carbocycles. The first-order valence-electron chi connectivity index (χ1n) is 8.05. The van der Waals surface area contributed by atoms with Crippen molar-refractivity contribution >= 4 is 0 Å². The van der Waals surface area contributed by atoms with Crippen molar-refractivity contribution in [1.82, 2.24) is 15.0 Å². The van der Waals surface area contributed by atoms with Crippen LogP contribution in [0.5, 0.6) is 0 Å². The Morgan fingerprint density at radius 2 is 2.24 bits per heavy atom. The lowest BCUT2D eigenvalue weighted by atomic mass is 9.94. The molecule has 2 N–H and O–H groups in total. The Balaban J connectivity index is 1.84. The Kier molecular flexibility index (Phi) is 6.60. The molecule has 1 aliphatic rings. The van der Waals surface area contributed by atoms with Crippen LogP contribution in [-0.2, 0) is 11.2 Å². The Labute approximate surface area is 127 Å². The largest absolute Gasteiger partial charge is 0.367 e. The summed E-state index contributed by atoms with van der Waals surface area (Å²) in [6, 6.07) is 0. The highest BCUT2D eigenvalue weighted by Crippen LogP contribution is 2.21. The zero-order valence-electron chi connectivity index (χ0n) is 13.3. The molecule has 0 aliphatic carbocycles. The normalized spacial score (nSPS) is 21.6. The van der Waals surface area contributed by atoms with Gasteiger partial charge in [0.25, 0.3) is 0 Å². The third kappa shape index (κ3) is 5.05. The fraction of sp³-hybridized carbons (Fsp3) is 0.867. The van der Waals surface area contributed by atoms with Crippen molar-refractivity contribution in [2.45, 2.75) is 45.1 Å². The van der Waals surface area contributed by atoms with Gasteiger partial charge in [-0.1, -0.05) is 24.9 Å². The van der Waals surface area contributed by atoms with Crippen LogP contribution in [0.15, 0.2) is 4.52 Å². The van der Waals surface area contributed by atoms with Crippen molar-refractivity contribution in [3.8, 4) is 0 Å². The maximum Gasteiger partial charge on any atom is 0.226 e.